The van der Waals surface area contributed by atoms with Crippen LogP contribution in [0.4, 0.5) is 26.3 Å². The maximum Gasteiger partial charge on any atom is 0.138 e. The van der Waals surface area contributed by atoms with Crippen LogP contribution in [0.1, 0.15) is 48.2 Å². The molecule has 0 fully saturated rings. The smallest absolute Gasteiger partial charge is 0.138 e. The molecule has 0 saturated carbocycles. The third-order valence-corrected chi connectivity index (χ3v) is 8.01. The lowest BCUT2D eigenvalue weighted by molar-refractivity contribution is -0.125. The quantitative estimate of drug-likeness (QED) is 0.158. The van der Waals surface area contributed by atoms with Crippen LogP contribution in [-0.2, 0) is 9.59 Å². The van der Waals surface area contributed by atoms with Crippen LogP contribution >= 0.6 is 23.2 Å². The fourth-order valence-corrected chi connectivity index (χ4v) is 5.71. The summed E-state index contributed by atoms with van der Waals surface area (Å²) in [5, 5.41) is 8.95. The maximum absolute atomic E-state index is 14.3. The highest BCUT2D eigenvalue weighted by Gasteiger charge is 2.36. The zero-order valence-electron chi connectivity index (χ0n) is 25.8. The van der Waals surface area contributed by atoms with Crippen molar-refractivity contribution < 1.29 is 35.9 Å². The summed E-state index contributed by atoms with van der Waals surface area (Å²) in [5.41, 5.74) is 1.78. The van der Waals surface area contributed by atoms with Crippen molar-refractivity contribution >= 4 is 34.8 Å². The lowest BCUT2D eigenvalue weighted by Gasteiger charge is -2.25. The molecule has 4 aromatic carbocycles. The number of halogens is 8. The van der Waals surface area contributed by atoms with Gasteiger partial charge in [-0.15, -0.1) is 0 Å². The maximum atomic E-state index is 14.3. The van der Waals surface area contributed by atoms with Crippen molar-refractivity contribution in [1.82, 2.24) is 10.2 Å². The van der Waals surface area contributed by atoms with Crippen LogP contribution in [0.25, 0.3) is 22.3 Å². The van der Waals surface area contributed by atoms with E-state index in [9.17, 15) is 35.9 Å². The summed E-state index contributed by atoms with van der Waals surface area (Å²) >= 11 is 11.7. The molecule has 0 spiro atoms. The van der Waals surface area contributed by atoms with Crippen molar-refractivity contribution in [3.05, 3.63) is 140 Å². The molecule has 2 atom stereocenters. The highest BCUT2D eigenvalue weighted by atomic mass is 35.5. The molecule has 0 bridgehead atoms. The third kappa shape index (κ3) is 7.94. The van der Waals surface area contributed by atoms with E-state index in [1.807, 2.05) is 0 Å². The van der Waals surface area contributed by atoms with Crippen molar-refractivity contribution in [2.75, 3.05) is 0 Å². The average molecular weight is 704 g/mol. The van der Waals surface area contributed by atoms with Crippen LogP contribution in [-0.4, -0.2) is 21.8 Å². The number of benzene rings is 4. The van der Waals surface area contributed by atoms with Gasteiger partial charge in [-0.25, -0.2) is 26.3 Å². The highest BCUT2D eigenvalue weighted by Crippen LogP contribution is 2.40. The minimum absolute atomic E-state index is 0.250. The van der Waals surface area contributed by atoms with Gasteiger partial charge in [0.05, 0.1) is 28.8 Å². The number of hydrogen-bond donors (Lipinski definition) is 0. The topological polar surface area (TPSA) is 59.9 Å². The van der Waals surface area contributed by atoms with E-state index in [0.29, 0.717) is 62.4 Å². The van der Waals surface area contributed by atoms with Gasteiger partial charge in [0.1, 0.15) is 46.5 Å². The monoisotopic (exact) mass is 702 g/mol. The molecule has 1 heterocycles. The Bertz CT molecular complexity index is 1960. The molecule has 248 valence electrons. The summed E-state index contributed by atoms with van der Waals surface area (Å²) in [4.78, 5) is 24.2. The molecule has 0 aliphatic rings. The lowest BCUT2D eigenvalue weighted by atomic mass is 9.76. The number of aryl methyl sites for hydroxylation is 2. The van der Waals surface area contributed by atoms with E-state index in [1.165, 1.54) is 31.2 Å². The number of hydrogen-bond acceptors (Lipinski definition) is 4. The zero-order valence-corrected chi connectivity index (χ0v) is 27.3. The summed E-state index contributed by atoms with van der Waals surface area (Å²) in [5.74, 6) is -9.99. The second kappa shape index (κ2) is 15.1. The molecule has 0 saturated heterocycles. The van der Waals surface area contributed by atoms with E-state index in [4.69, 9.17) is 23.2 Å². The van der Waals surface area contributed by atoms with E-state index in [0.717, 1.165) is 6.92 Å². The molecule has 0 amide bonds. The second-order valence-electron chi connectivity index (χ2n) is 10.9. The SMILES string of the molecule is CC(=O)C(c1ccc(Cl)cc1)C(C(C)=O)c1c(F)cc(F)cc1F.Cc1nnc(C)c(-c2c(F)cc(F)cc2F)c1-c1ccc(Cl)cc1. The molecular formula is C36H26Cl2F6N2O2. The van der Waals surface area contributed by atoms with E-state index < -0.39 is 63.9 Å². The first-order chi connectivity index (χ1) is 22.6. The zero-order chi connectivity index (χ0) is 35.4. The summed E-state index contributed by atoms with van der Waals surface area (Å²) in [6.45, 7) is 5.66. The van der Waals surface area contributed by atoms with Crippen molar-refractivity contribution in [3.63, 3.8) is 0 Å². The minimum atomic E-state index is -1.40. The van der Waals surface area contributed by atoms with Gasteiger partial charge < -0.3 is 0 Å². The minimum Gasteiger partial charge on any atom is -0.299 e. The molecule has 5 aromatic rings. The normalized spacial score (nSPS) is 12.2. The van der Waals surface area contributed by atoms with Crippen LogP contribution in [0, 0.1) is 48.8 Å². The van der Waals surface area contributed by atoms with Gasteiger partial charge in [0.15, 0.2) is 0 Å². The summed E-state index contributed by atoms with van der Waals surface area (Å²) < 4.78 is 83.4. The Morgan fingerprint density at radius 1 is 0.562 bits per heavy atom. The molecular weight excluding hydrogens is 677 g/mol. The summed E-state index contributed by atoms with van der Waals surface area (Å²) in [7, 11) is 0. The van der Waals surface area contributed by atoms with Gasteiger partial charge >= 0.3 is 0 Å². The third-order valence-electron chi connectivity index (χ3n) is 7.51. The van der Waals surface area contributed by atoms with Gasteiger partial charge in [-0.2, -0.15) is 10.2 Å². The number of ketones is 2. The molecule has 12 heteroatoms. The van der Waals surface area contributed by atoms with Crippen LogP contribution in [0.3, 0.4) is 0 Å². The van der Waals surface area contributed by atoms with Gasteiger partial charge in [0.25, 0.3) is 0 Å². The molecule has 0 N–H and O–H groups in total. The standard InChI is InChI=1S/C18H12ClF3N2.C18H14ClF3O2/c1-9-16(11-3-5-12(19)6-4-11)17(10(2)24-23-9)18-14(21)7-13(20)8-15(18)22;1-9(23)16(11-3-5-12(19)6-4-11)17(10(2)24)18-14(21)7-13(20)8-15(18)22/h3-8H,1-2H3;3-8,16-17H,1-2H3. The number of rotatable bonds is 7. The van der Waals surface area contributed by atoms with E-state index in [-0.39, 0.29) is 11.1 Å². The van der Waals surface area contributed by atoms with Gasteiger partial charge in [-0.3, -0.25) is 9.59 Å². The summed E-state index contributed by atoms with van der Waals surface area (Å²) in [6.07, 6.45) is 0. The van der Waals surface area contributed by atoms with Crippen molar-refractivity contribution in [2.24, 2.45) is 0 Å². The van der Waals surface area contributed by atoms with Gasteiger partial charge in [-0.1, -0.05) is 47.5 Å². The van der Waals surface area contributed by atoms with Crippen LogP contribution in [0.5, 0.6) is 0 Å². The largest absolute Gasteiger partial charge is 0.299 e. The number of Topliss-reactive ketones (excluding diaryl/α,β-unsaturated/α-hetero) is 2. The predicted octanol–water partition coefficient (Wildman–Crippen LogP) is 10.3. The number of carbonyl (C=O) groups excluding carboxylic acids is 2. The van der Waals surface area contributed by atoms with Crippen molar-refractivity contribution in [3.8, 4) is 22.3 Å². The molecule has 0 aliphatic heterocycles. The number of nitrogens with zero attached hydrogens (tertiary/aromatic N) is 2. The molecule has 1 aromatic heterocycles. The van der Waals surface area contributed by atoms with Crippen molar-refractivity contribution in [1.29, 1.82) is 0 Å². The van der Waals surface area contributed by atoms with Crippen molar-refractivity contribution in [2.45, 2.75) is 39.5 Å². The molecule has 0 aliphatic carbocycles. The number of aromatic nitrogens is 2. The first kappa shape index (κ1) is 36.3. The van der Waals surface area contributed by atoms with Crippen LogP contribution in [0.2, 0.25) is 10.0 Å². The van der Waals surface area contributed by atoms with Gasteiger partial charge in [0, 0.05) is 51.0 Å². The first-order valence-corrected chi connectivity index (χ1v) is 15.0. The average Bonchev–Trinajstić information content (AvgIpc) is 2.99. The lowest BCUT2D eigenvalue weighted by Crippen LogP contribution is -2.26. The molecule has 0 radical (unpaired) electrons. The second-order valence-corrected chi connectivity index (χ2v) is 11.8. The predicted molar refractivity (Wildman–Crippen MR) is 172 cm³/mol. The highest BCUT2D eigenvalue weighted by molar-refractivity contribution is 6.30. The fraction of sp³-hybridized carbons (Fsp3) is 0.167. The Kier molecular flexibility index (Phi) is 11.4. The van der Waals surface area contributed by atoms with E-state index >= 15 is 0 Å². The number of carbonyl (C=O) groups is 2. The molecule has 5 rings (SSSR count). The Labute approximate surface area is 282 Å². The molecule has 4 nitrogen and oxygen atoms in total. The van der Waals surface area contributed by atoms with Gasteiger partial charge in [0.2, 0.25) is 0 Å². The van der Waals surface area contributed by atoms with E-state index in [2.05, 4.69) is 10.2 Å². The Balaban J connectivity index is 0.000000217. The van der Waals surface area contributed by atoms with E-state index in [1.54, 1.807) is 38.1 Å². The fourth-order valence-electron chi connectivity index (χ4n) is 5.46. The first-order valence-electron chi connectivity index (χ1n) is 14.3. The van der Waals surface area contributed by atoms with Gasteiger partial charge in [-0.05, 0) is 63.1 Å². The van der Waals surface area contributed by atoms with Crippen LogP contribution < -0.4 is 0 Å². The van der Waals surface area contributed by atoms with Crippen LogP contribution in [0.15, 0.2) is 72.8 Å². The Morgan fingerprint density at radius 2 is 0.958 bits per heavy atom. The summed E-state index contributed by atoms with van der Waals surface area (Å²) in [6, 6.07) is 15.2. The molecule has 2 unspecified atom stereocenters. The Morgan fingerprint density at radius 3 is 1.40 bits per heavy atom. The molecule has 48 heavy (non-hydrogen) atoms. The Hall–Kier alpha value is -4.54.